The number of aromatic nitrogens is 1. The molecule has 3 N–H and O–H groups in total. The third kappa shape index (κ3) is 3.79. The molecule has 5 nitrogen and oxygen atoms in total. The van der Waals surface area contributed by atoms with E-state index in [9.17, 15) is 9.59 Å². The normalized spacial score (nSPS) is 14.0. The minimum atomic E-state index is -0.286. The molecule has 0 aliphatic heterocycles. The van der Waals surface area contributed by atoms with Crippen LogP contribution >= 0.6 is 0 Å². The Kier molecular flexibility index (Phi) is 5.21. The zero-order valence-electron chi connectivity index (χ0n) is 14.5. The molecule has 1 aromatic carbocycles. The Labute approximate surface area is 137 Å². The molecule has 1 amide bonds. The summed E-state index contributed by atoms with van der Waals surface area (Å²) in [6.45, 7) is 7.93. The van der Waals surface area contributed by atoms with Crippen molar-refractivity contribution in [1.29, 1.82) is 0 Å². The summed E-state index contributed by atoms with van der Waals surface area (Å²) in [6, 6.07) is 7.63. The number of hydrogen-bond acceptors (Lipinski definition) is 2. The predicted octanol–water partition coefficient (Wildman–Crippen LogP) is 1.09. The van der Waals surface area contributed by atoms with E-state index in [0.29, 0.717) is 0 Å². The van der Waals surface area contributed by atoms with Crippen LogP contribution in [0.4, 0.5) is 0 Å². The fourth-order valence-corrected chi connectivity index (χ4v) is 2.81. The zero-order valence-corrected chi connectivity index (χ0v) is 14.5. The van der Waals surface area contributed by atoms with Gasteiger partial charge in [-0.1, -0.05) is 18.2 Å². The van der Waals surface area contributed by atoms with Gasteiger partial charge in [-0.3, -0.25) is 9.59 Å². The van der Waals surface area contributed by atoms with Gasteiger partial charge in [-0.2, -0.15) is 0 Å². The molecule has 2 rings (SSSR count). The molecule has 0 saturated carbocycles. The van der Waals surface area contributed by atoms with Crippen molar-refractivity contribution in [3.63, 3.8) is 0 Å². The van der Waals surface area contributed by atoms with Crippen molar-refractivity contribution in [3.8, 4) is 0 Å². The number of H-pyrrole nitrogens is 1. The molecule has 5 heteroatoms. The van der Waals surface area contributed by atoms with Gasteiger partial charge in [-0.25, -0.2) is 0 Å². The third-order valence-corrected chi connectivity index (χ3v) is 4.16. The molecule has 0 aliphatic carbocycles. The lowest BCUT2D eigenvalue weighted by Gasteiger charge is -2.21. The van der Waals surface area contributed by atoms with Crippen LogP contribution in [-0.2, 0) is 4.79 Å². The number of hydrogen-bond donors (Lipinski definition) is 3. The van der Waals surface area contributed by atoms with Gasteiger partial charge in [0.15, 0.2) is 6.54 Å². The van der Waals surface area contributed by atoms with Crippen molar-refractivity contribution in [2.24, 2.45) is 0 Å². The number of benzene rings is 1. The fourth-order valence-electron chi connectivity index (χ4n) is 2.81. The lowest BCUT2D eigenvalue weighted by molar-refractivity contribution is -0.885. The van der Waals surface area contributed by atoms with E-state index < -0.39 is 0 Å². The molecule has 1 unspecified atom stereocenters. The van der Waals surface area contributed by atoms with Crippen LogP contribution in [0.5, 0.6) is 0 Å². The molecule has 2 atom stereocenters. The zero-order chi connectivity index (χ0) is 17.1. The predicted molar refractivity (Wildman–Crippen MR) is 91.9 cm³/mol. The molecular weight excluding hydrogens is 290 g/mol. The highest BCUT2D eigenvalue weighted by atomic mass is 16.2. The van der Waals surface area contributed by atoms with E-state index >= 15 is 0 Å². The van der Waals surface area contributed by atoms with Crippen molar-refractivity contribution in [2.75, 3.05) is 13.6 Å². The summed E-state index contributed by atoms with van der Waals surface area (Å²) in [7, 11) is 1.88. The first-order valence-corrected chi connectivity index (χ1v) is 8.04. The largest absolute Gasteiger partial charge is 0.358 e. The summed E-state index contributed by atoms with van der Waals surface area (Å²) in [5, 5.41) is 3.81. The van der Waals surface area contributed by atoms with Crippen molar-refractivity contribution in [1.82, 2.24) is 10.3 Å². The average Bonchev–Trinajstić information content (AvgIpc) is 2.80. The van der Waals surface area contributed by atoms with Gasteiger partial charge in [0.05, 0.1) is 12.6 Å². The van der Waals surface area contributed by atoms with Crippen LogP contribution in [0, 0.1) is 6.92 Å². The molecule has 2 aromatic rings. The number of aromatic amines is 1. The van der Waals surface area contributed by atoms with E-state index in [-0.39, 0.29) is 30.3 Å². The van der Waals surface area contributed by atoms with E-state index in [1.807, 2.05) is 59.0 Å². The SMILES string of the molecule is Cc1[nH]c2ccccc2c1C(=O)[C@@H](C)[NH+](C)CC(=O)NC(C)C. The lowest BCUT2D eigenvalue weighted by atomic mass is 10.0. The monoisotopic (exact) mass is 316 g/mol. The number of fused-ring (bicyclic) bond motifs is 1. The van der Waals surface area contributed by atoms with Crippen LogP contribution in [-0.4, -0.2) is 42.4 Å². The van der Waals surface area contributed by atoms with E-state index in [1.165, 1.54) is 0 Å². The molecule has 23 heavy (non-hydrogen) atoms. The summed E-state index contributed by atoms with van der Waals surface area (Å²) in [6.07, 6.45) is 0. The molecule has 1 heterocycles. The number of nitrogens with one attached hydrogen (secondary N) is 3. The number of Topliss-reactive ketones (excluding diaryl/α,β-unsaturated/α-hetero) is 1. The van der Waals surface area contributed by atoms with E-state index in [2.05, 4.69) is 10.3 Å². The lowest BCUT2D eigenvalue weighted by Crippen LogP contribution is -3.14. The van der Waals surface area contributed by atoms with Gasteiger partial charge in [0.25, 0.3) is 5.91 Å². The second kappa shape index (κ2) is 6.96. The maximum Gasteiger partial charge on any atom is 0.275 e. The Balaban J connectivity index is 2.18. The number of aryl methyl sites for hydroxylation is 1. The molecule has 1 aromatic heterocycles. The topological polar surface area (TPSA) is 66.4 Å². The summed E-state index contributed by atoms with van der Waals surface area (Å²) >= 11 is 0. The number of quaternary nitrogens is 1. The van der Waals surface area contributed by atoms with Gasteiger partial charge in [0, 0.05) is 22.6 Å². The second-order valence-corrected chi connectivity index (χ2v) is 6.50. The van der Waals surface area contributed by atoms with E-state index in [0.717, 1.165) is 27.1 Å². The number of rotatable bonds is 6. The second-order valence-electron chi connectivity index (χ2n) is 6.50. The summed E-state index contributed by atoms with van der Waals surface area (Å²) < 4.78 is 0. The molecular formula is C18H26N3O2+. The van der Waals surface area contributed by atoms with Gasteiger partial charge in [-0.05, 0) is 33.8 Å². The highest BCUT2D eigenvalue weighted by Crippen LogP contribution is 2.22. The van der Waals surface area contributed by atoms with Gasteiger partial charge in [-0.15, -0.1) is 0 Å². The van der Waals surface area contributed by atoms with Crippen LogP contribution in [0.15, 0.2) is 24.3 Å². The number of ketones is 1. The number of amides is 1. The Morgan fingerprint density at radius 2 is 1.87 bits per heavy atom. The van der Waals surface area contributed by atoms with Crippen molar-refractivity contribution >= 4 is 22.6 Å². The number of carbonyl (C=O) groups is 2. The molecule has 0 spiro atoms. The molecule has 0 aliphatic rings. The summed E-state index contributed by atoms with van der Waals surface area (Å²) in [5.74, 6) is 0.0302. The highest BCUT2D eigenvalue weighted by Gasteiger charge is 2.28. The van der Waals surface area contributed by atoms with Crippen LogP contribution in [0.2, 0.25) is 0 Å². The van der Waals surface area contributed by atoms with E-state index in [4.69, 9.17) is 0 Å². The van der Waals surface area contributed by atoms with Crippen molar-refractivity contribution < 1.29 is 14.5 Å². The molecule has 0 radical (unpaired) electrons. The Hall–Kier alpha value is -2.14. The van der Waals surface area contributed by atoms with Gasteiger partial charge in [0.2, 0.25) is 5.78 Å². The first-order valence-electron chi connectivity index (χ1n) is 8.04. The molecule has 124 valence electrons. The smallest absolute Gasteiger partial charge is 0.275 e. The maximum atomic E-state index is 12.9. The maximum absolute atomic E-state index is 12.9. The van der Waals surface area contributed by atoms with Crippen LogP contribution in [0.25, 0.3) is 10.9 Å². The van der Waals surface area contributed by atoms with E-state index in [1.54, 1.807) is 0 Å². The summed E-state index contributed by atoms with van der Waals surface area (Å²) in [5.41, 5.74) is 2.58. The van der Waals surface area contributed by atoms with Crippen LogP contribution in [0.1, 0.15) is 36.8 Å². The Morgan fingerprint density at radius 1 is 1.22 bits per heavy atom. The number of carbonyl (C=O) groups excluding carboxylic acids is 2. The minimum absolute atomic E-state index is 0.0344. The Morgan fingerprint density at radius 3 is 2.52 bits per heavy atom. The van der Waals surface area contributed by atoms with Crippen LogP contribution < -0.4 is 10.2 Å². The van der Waals surface area contributed by atoms with Crippen molar-refractivity contribution in [3.05, 3.63) is 35.5 Å². The van der Waals surface area contributed by atoms with Crippen molar-refractivity contribution in [2.45, 2.75) is 39.8 Å². The van der Waals surface area contributed by atoms with Gasteiger partial charge < -0.3 is 15.2 Å². The van der Waals surface area contributed by atoms with Gasteiger partial charge >= 0.3 is 0 Å². The molecule has 0 fully saturated rings. The summed E-state index contributed by atoms with van der Waals surface area (Å²) in [4.78, 5) is 29.0. The first-order chi connectivity index (χ1) is 10.8. The van der Waals surface area contributed by atoms with Crippen LogP contribution in [0.3, 0.4) is 0 Å². The quantitative estimate of drug-likeness (QED) is 0.698. The number of likely N-dealkylation sites (N-methyl/N-ethyl adjacent to an activating group) is 1. The Bertz CT molecular complexity index is 718. The average molecular weight is 316 g/mol. The first kappa shape index (κ1) is 17.2. The highest BCUT2D eigenvalue weighted by molar-refractivity contribution is 6.10. The number of para-hydroxylation sites is 1. The minimum Gasteiger partial charge on any atom is -0.358 e. The molecule has 0 saturated heterocycles. The standard InChI is InChI=1S/C18H25N3O2/c1-11(2)19-16(22)10-21(5)13(4)18(23)17-12(3)20-15-9-7-6-8-14(15)17/h6-9,11,13,20H,10H2,1-5H3,(H,19,22)/p+1/t13-/m1/s1. The molecule has 0 bridgehead atoms. The van der Waals surface area contributed by atoms with Gasteiger partial charge in [0.1, 0.15) is 6.04 Å². The third-order valence-electron chi connectivity index (χ3n) is 4.16. The fraction of sp³-hybridized carbons (Fsp3) is 0.444.